The van der Waals surface area contributed by atoms with Crippen LogP contribution in [0.5, 0.6) is 0 Å². The van der Waals surface area contributed by atoms with Gasteiger partial charge in [0.1, 0.15) is 0 Å². The van der Waals surface area contributed by atoms with Gasteiger partial charge in [0.25, 0.3) is 0 Å². The zero-order valence-electron chi connectivity index (χ0n) is 5.15. The van der Waals surface area contributed by atoms with Crippen LogP contribution in [0.3, 0.4) is 0 Å². The molecule has 0 aliphatic heterocycles. The van der Waals surface area contributed by atoms with Crippen LogP contribution in [0.15, 0.2) is 24.6 Å². The van der Waals surface area contributed by atoms with Gasteiger partial charge in [0.05, 0.1) is 0 Å². The summed E-state index contributed by atoms with van der Waals surface area (Å²) in [6.07, 6.45) is 3.69. The summed E-state index contributed by atoms with van der Waals surface area (Å²) >= 11 is 0. The molecule has 0 atom stereocenters. The van der Waals surface area contributed by atoms with Crippen LogP contribution < -0.4 is 11.1 Å². The maximum atomic E-state index is 5.22. The van der Waals surface area contributed by atoms with Crippen LogP contribution in [0.25, 0.3) is 0 Å². The van der Waals surface area contributed by atoms with Crippen molar-refractivity contribution < 1.29 is 0 Å². The van der Waals surface area contributed by atoms with Crippen LogP contribution in [0.1, 0.15) is 6.92 Å². The van der Waals surface area contributed by atoms with Gasteiger partial charge in [-0.1, -0.05) is 12.7 Å². The largest absolute Gasteiger partial charge is 0.365 e. The molecule has 0 bridgehead atoms. The highest BCUT2D eigenvalue weighted by Gasteiger charge is 1.78. The first kappa shape index (κ1) is 7.24. The van der Waals surface area contributed by atoms with Crippen molar-refractivity contribution >= 4 is 0 Å². The van der Waals surface area contributed by atoms with Gasteiger partial charge in [-0.25, -0.2) is 0 Å². The zero-order valence-corrected chi connectivity index (χ0v) is 5.15. The van der Waals surface area contributed by atoms with Gasteiger partial charge in [-0.15, -0.1) is 0 Å². The van der Waals surface area contributed by atoms with E-state index in [2.05, 4.69) is 11.9 Å². The van der Waals surface area contributed by atoms with E-state index >= 15 is 0 Å². The fourth-order valence-electron chi connectivity index (χ4n) is 0.260. The molecular weight excluding hydrogens is 100 g/mol. The number of allylic oxidation sites excluding steroid dienone is 1. The SMILES string of the molecule is C=C(CN)N/C=C\C. The Morgan fingerprint density at radius 1 is 1.88 bits per heavy atom. The van der Waals surface area contributed by atoms with Gasteiger partial charge in [-0.2, -0.15) is 0 Å². The van der Waals surface area contributed by atoms with Crippen LogP contribution in [0, 0.1) is 0 Å². The molecule has 0 aliphatic carbocycles. The predicted octanol–water partition coefficient (Wildman–Crippen LogP) is 0.582. The van der Waals surface area contributed by atoms with Crippen molar-refractivity contribution in [2.45, 2.75) is 6.92 Å². The molecule has 0 unspecified atom stereocenters. The average molecular weight is 112 g/mol. The molecule has 2 nitrogen and oxygen atoms in total. The summed E-state index contributed by atoms with van der Waals surface area (Å²) in [7, 11) is 0. The molecule has 46 valence electrons. The standard InChI is InChI=1S/C6H12N2/c1-3-4-8-6(2)5-7/h3-4,8H,2,5,7H2,1H3/b4-3-. The Morgan fingerprint density at radius 2 is 2.50 bits per heavy atom. The minimum absolute atomic E-state index is 0.490. The van der Waals surface area contributed by atoms with E-state index in [1.54, 1.807) is 6.20 Å². The van der Waals surface area contributed by atoms with E-state index < -0.39 is 0 Å². The van der Waals surface area contributed by atoms with Crippen LogP contribution in [-0.4, -0.2) is 6.54 Å². The van der Waals surface area contributed by atoms with Crippen molar-refractivity contribution in [3.63, 3.8) is 0 Å². The third kappa shape index (κ3) is 3.43. The Labute approximate surface area is 50.1 Å². The summed E-state index contributed by atoms with van der Waals surface area (Å²) in [6.45, 7) is 6.04. The molecule has 0 radical (unpaired) electrons. The van der Waals surface area contributed by atoms with Crippen LogP contribution in [0.2, 0.25) is 0 Å². The summed E-state index contributed by atoms with van der Waals surface area (Å²) in [4.78, 5) is 0. The zero-order chi connectivity index (χ0) is 6.41. The maximum Gasteiger partial charge on any atom is 0.0326 e. The first-order valence-corrected chi connectivity index (χ1v) is 2.56. The summed E-state index contributed by atoms with van der Waals surface area (Å²) in [6, 6.07) is 0. The fraction of sp³-hybridized carbons (Fsp3) is 0.333. The van der Waals surface area contributed by atoms with E-state index in [4.69, 9.17) is 5.73 Å². The van der Waals surface area contributed by atoms with Gasteiger partial charge in [-0.3, -0.25) is 0 Å². The first-order chi connectivity index (χ1) is 3.81. The third-order valence-electron chi connectivity index (χ3n) is 0.701. The van der Waals surface area contributed by atoms with E-state index in [1.165, 1.54) is 0 Å². The van der Waals surface area contributed by atoms with Crippen LogP contribution in [-0.2, 0) is 0 Å². The molecule has 0 aromatic heterocycles. The second kappa shape index (κ2) is 4.40. The summed E-state index contributed by atoms with van der Waals surface area (Å²) < 4.78 is 0. The van der Waals surface area contributed by atoms with Gasteiger partial charge in [0, 0.05) is 12.2 Å². The van der Waals surface area contributed by atoms with Crippen molar-refractivity contribution in [3.8, 4) is 0 Å². The molecule has 0 rings (SSSR count). The highest BCUT2D eigenvalue weighted by atomic mass is 14.9. The molecule has 0 aliphatic rings. The maximum absolute atomic E-state index is 5.22. The van der Waals surface area contributed by atoms with Crippen molar-refractivity contribution in [2.75, 3.05) is 6.54 Å². The van der Waals surface area contributed by atoms with Crippen molar-refractivity contribution in [3.05, 3.63) is 24.6 Å². The molecule has 0 aromatic rings. The molecule has 0 saturated heterocycles. The summed E-state index contributed by atoms with van der Waals surface area (Å²) in [5, 5.41) is 2.88. The molecule has 0 saturated carbocycles. The van der Waals surface area contributed by atoms with Gasteiger partial charge >= 0.3 is 0 Å². The predicted molar refractivity (Wildman–Crippen MR) is 36.1 cm³/mol. The number of hydrogen-bond acceptors (Lipinski definition) is 2. The molecule has 8 heavy (non-hydrogen) atoms. The number of rotatable bonds is 3. The van der Waals surface area contributed by atoms with Gasteiger partial charge in [0.15, 0.2) is 0 Å². The van der Waals surface area contributed by atoms with E-state index in [0.29, 0.717) is 6.54 Å². The lowest BCUT2D eigenvalue weighted by Gasteiger charge is -1.97. The summed E-state index contributed by atoms with van der Waals surface area (Å²) in [5.41, 5.74) is 6.05. The van der Waals surface area contributed by atoms with E-state index in [-0.39, 0.29) is 0 Å². The monoisotopic (exact) mass is 112 g/mol. The van der Waals surface area contributed by atoms with Crippen LogP contribution >= 0.6 is 0 Å². The normalized spacial score (nSPS) is 9.75. The first-order valence-electron chi connectivity index (χ1n) is 2.56. The number of nitrogens with two attached hydrogens (primary N) is 1. The second-order valence-electron chi connectivity index (χ2n) is 1.45. The number of nitrogens with one attached hydrogen (secondary N) is 1. The highest BCUT2D eigenvalue weighted by molar-refractivity contribution is 4.97. The lowest BCUT2D eigenvalue weighted by molar-refractivity contribution is 0.980. The fourth-order valence-corrected chi connectivity index (χ4v) is 0.260. The van der Waals surface area contributed by atoms with E-state index in [0.717, 1.165) is 5.70 Å². The highest BCUT2D eigenvalue weighted by Crippen LogP contribution is 1.75. The van der Waals surface area contributed by atoms with E-state index in [9.17, 15) is 0 Å². The Balaban J connectivity index is 3.25. The Hall–Kier alpha value is -0.760. The lowest BCUT2D eigenvalue weighted by Crippen LogP contribution is -2.13. The lowest BCUT2D eigenvalue weighted by atomic mass is 10.5. The van der Waals surface area contributed by atoms with E-state index in [1.807, 2.05) is 13.0 Å². The van der Waals surface area contributed by atoms with Crippen molar-refractivity contribution in [2.24, 2.45) is 5.73 Å². The smallest absolute Gasteiger partial charge is 0.0326 e. The molecule has 2 heteroatoms. The topological polar surface area (TPSA) is 38.0 Å². The van der Waals surface area contributed by atoms with Crippen LogP contribution in [0.4, 0.5) is 0 Å². The second-order valence-corrected chi connectivity index (χ2v) is 1.45. The molecule has 0 spiro atoms. The van der Waals surface area contributed by atoms with Gasteiger partial charge < -0.3 is 11.1 Å². The molecule has 0 amide bonds. The minimum Gasteiger partial charge on any atom is -0.365 e. The minimum atomic E-state index is 0.490. The Kier molecular flexibility index (Phi) is 3.98. The van der Waals surface area contributed by atoms with Crippen molar-refractivity contribution in [1.29, 1.82) is 0 Å². The average Bonchev–Trinajstić information content (AvgIpc) is 1.83. The molecule has 3 N–H and O–H groups in total. The Morgan fingerprint density at radius 3 is 2.88 bits per heavy atom. The summed E-state index contributed by atoms with van der Waals surface area (Å²) in [5.74, 6) is 0. The quantitative estimate of drug-likeness (QED) is 0.560. The number of hydrogen-bond donors (Lipinski definition) is 2. The molecule has 0 heterocycles. The molecule has 0 aromatic carbocycles. The van der Waals surface area contributed by atoms with Gasteiger partial charge in [-0.05, 0) is 13.1 Å². The third-order valence-corrected chi connectivity index (χ3v) is 0.701. The van der Waals surface area contributed by atoms with Crippen molar-refractivity contribution in [1.82, 2.24) is 5.32 Å². The Bertz CT molecular complexity index is 94.7. The molecule has 0 fully saturated rings. The molecular formula is C6H12N2. The van der Waals surface area contributed by atoms with Gasteiger partial charge in [0.2, 0.25) is 0 Å².